The van der Waals surface area contributed by atoms with Gasteiger partial charge in [-0.1, -0.05) is 6.07 Å². The number of carboxylic acids is 1. The fourth-order valence-electron chi connectivity index (χ4n) is 3.12. The highest BCUT2D eigenvalue weighted by molar-refractivity contribution is 7.89. The minimum atomic E-state index is -3.81. The predicted molar refractivity (Wildman–Crippen MR) is 84.6 cm³/mol. The van der Waals surface area contributed by atoms with E-state index in [4.69, 9.17) is 0 Å². The molecule has 1 heterocycles. The van der Waals surface area contributed by atoms with Crippen LogP contribution < -0.4 is 0 Å². The Labute approximate surface area is 132 Å². The molecule has 1 saturated heterocycles. The van der Waals surface area contributed by atoms with Gasteiger partial charge < -0.3 is 5.11 Å². The lowest BCUT2D eigenvalue weighted by Gasteiger charge is -2.33. The van der Waals surface area contributed by atoms with E-state index in [9.17, 15) is 18.3 Å². The van der Waals surface area contributed by atoms with E-state index >= 15 is 0 Å². The Morgan fingerprint density at radius 3 is 2.18 bits per heavy atom. The second kappa shape index (κ2) is 6.01. The quantitative estimate of drug-likeness (QED) is 0.927. The monoisotopic (exact) mass is 325 g/mol. The molecule has 6 heteroatoms. The summed E-state index contributed by atoms with van der Waals surface area (Å²) in [6.45, 7) is 7.60. The summed E-state index contributed by atoms with van der Waals surface area (Å²) in [4.78, 5) is 11.7. The van der Waals surface area contributed by atoms with Crippen LogP contribution in [0.1, 0.15) is 41.5 Å². The van der Waals surface area contributed by atoms with Crippen molar-refractivity contribution in [3.63, 3.8) is 0 Å². The summed E-state index contributed by atoms with van der Waals surface area (Å²) in [6, 6.07) is 1.01. The summed E-state index contributed by atoms with van der Waals surface area (Å²) in [5.74, 6) is -1.07. The summed E-state index contributed by atoms with van der Waals surface area (Å²) < 4.78 is 27.4. The van der Waals surface area contributed by atoms with Crippen molar-refractivity contribution < 1.29 is 18.3 Å². The molecule has 1 aliphatic rings. The second-order valence-electron chi connectivity index (χ2n) is 6.06. The van der Waals surface area contributed by atoms with Crippen LogP contribution in [-0.4, -0.2) is 36.4 Å². The molecule has 0 bridgehead atoms. The van der Waals surface area contributed by atoms with Gasteiger partial charge in [-0.05, 0) is 69.2 Å². The number of nitrogens with zero attached hydrogens (tertiary/aromatic N) is 1. The standard InChI is InChI=1S/C16H23NO4S/c1-10-9-11(2)13(4)15(12(10)3)22(20,21)17-8-6-5-7-14(17)16(18)19/h9,14H,5-8H2,1-4H3,(H,18,19)/t14-/m0/s1. The second-order valence-corrected chi connectivity index (χ2v) is 7.88. The number of sulfonamides is 1. The lowest BCUT2D eigenvalue weighted by molar-refractivity contribution is -0.142. The molecule has 5 nitrogen and oxygen atoms in total. The Morgan fingerprint density at radius 1 is 1.14 bits per heavy atom. The molecule has 0 radical (unpaired) electrons. The van der Waals surface area contributed by atoms with E-state index in [0.29, 0.717) is 24.0 Å². The molecule has 2 rings (SSSR count). The van der Waals surface area contributed by atoms with E-state index in [1.54, 1.807) is 13.8 Å². The van der Waals surface area contributed by atoms with E-state index in [-0.39, 0.29) is 11.4 Å². The van der Waals surface area contributed by atoms with Crippen molar-refractivity contribution in [2.75, 3.05) is 6.54 Å². The van der Waals surface area contributed by atoms with Crippen LogP contribution in [0.3, 0.4) is 0 Å². The van der Waals surface area contributed by atoms with Crippen LogP contribution in [0.25, 0.3) is 0 Å². The van der Waals surface area contributed by atoms with Crippen LogP contribution in [-0.2, 0) is 14.8 Å². The normalized spacial score (nSPS) is 20.1. The molecule has 1 aromatic carbocycles. The number of piperidine rings is 1. The summed E-state index contributed by atoms with van der Waals surface area (Å²) in [6.07, 6.45) is 1.82. The first-order valence-electron chi connectivity index (χ1n) is 7.50. The number of benzene rings is 1. The molecule has 1 atom stereocenters. The highest BCUT2D eigenvalue weighted by atomic mass is 32.2. The smallest absolute Gasteiger partial charge is 0.322 e. The molecule has 22 heavy (non-hydrogen) atoms. The van der Waals surface area contributed by atoms with Crippen LogP contribution in [0, 0.1) is 27.7 Å². The van der Waals surface area contributed by atoms with Gasteiger partial charge in [-0.15, -0.1) is 0 Å². The predicted octanol–water partition coefficient (Wildman–Crippen LogP) is 2.55. The molecule has 0 saturated carbocycles. The SMILES string of the molecule is Cc1cc(C)c(C)c(S(=O)(=O)N2CCCC[C@H]2C(=O)O)c1C. The Balaban J connectivity index is 2.62. The van der Waals surface area contributed by atoms with E-state index in [2.05, 4.69) is 0 Å². The summed E-state index contributed by atoms with van der Waals surface area (Å²) >= 11 is 0. The number of aliphatic carboxylic acids is 1. The van der Waals surface area contributed by atoms with Gasteiger partial charge in [-0.3, -0.25) is 4.79 Å². The van der Waals surface area contributed by atoms with Crippen LogP contribution >= 0.6 is 0 Å². The van der Waals surface area contributed by atoms with Gasteiger partial charge in [0.05, 0.1) is 4.90 Å². The molecule has 122 valence electrons. The Bertz CT molecular complexity index is 683. The Morgan fingerprint density at radius 2 is 1.68 bits per heavy atom. The number of hydrogen-bond donors (Lipinski definition) is 1. The largest absolute Gasteiger partial charge is 0.480 e. The third kappa shape index (κ3) is 2.77. The van der Waals surface area contributed by atoms with E-state index in [0.717, 1.165) is 17.5 Å². The van der Waals surface area contributed by atoms with Gasteiger partial charge in [0, 0.05) is 6.54 Å². The molecule has 0 aromatic heterocycles. The molecular formula is C16H23NO4S. The first kappa shape index (κ1) is 17.0. The number of carboxylic acid groups (broad SMARTS) is 1. The maximum atomic E-state index is 13.1. The zero-order valence-corrected chi connectivity index (χ0v) is 14.3. The third-order valence-corrected chi connectivity index (χ3v) is 6.79. The van der Waals surface area contributed by atoms with Gasteiger partial charge in [0.2, 0.25) is 10.0 Å². The fourth-order valence-corrected chi connectivity index (χ4v) is 5.35. The lowest BCUT2D eigenvalue weighted by atomic mass is 10.0. The topological polar surface area (TPSA) is 74.7 Å². The van der Waals surface area contributed by atoms with Crippen molar-refractivity contribution in [1.82, 2.24) is 4.31 Å². The Kier molecular flexibility index (Phi) is 4.63. The van der Waals surface area contributed by atoms with Crippen molar-refractivity contribution >= 4 is 16.0 Å². The van der Waals surface area contributed by atoms with E-state index in [1.165, 1.54) is 4.31 Å². The molecule has 1 aromatic rings. The highest BCUT2D eigenvalue weighted by Crippen LogP contribution is 2.32. The molecule has 1 fully saturated rings. The van der Waals surface area contributed by atoms with Crippen molar-refractivity contribution in [3.8, 4) is 0 Å². The minimum absolute atomic E-state index is 0.269. The van der Waals surface area contributed by atoms with Crippen molar-refractivity contribution in [1.29, 1.82) is 0 Å². The lowest BCUT2D eigenvalue weighted by Crippen LogP contribution is -2.48. The average Bonchev–Trinajstić information content (AvgIpc) is 2.45. The number of carbonyl (C=O) groups is 1. The third-order valence-electron chi connectivity index (χ3n) is 4.60. The van der Waals surface area contributed by atoms with E-state index < -0.39 is 22.0 Å². The summed E-state index contributed by atoms with van der Waals surface area (Å²) in [5, 5.41) is 9.36. The van der Waals surface area contributed by atoms with Gasteiger partial charge in [0.25, 0.3) is 0 Å². The van der Waals surface area contributed by atoms with Crippen LogP contribution in [0.2, 0.25) is 0 Å². The summed E-state index contributed by atoms with van der Waals surface area (Å²) in [7, 11) is -3.81. The maximum Gasteiger partial charge on any atom is 0.322 e. The maximum absolute atomic E-state index is 13.1. The Hall–Kier alpha value is -1.40. The molecular weight excluding hydrogens is 302 g/mol. The first-order valence-corrected chi connectivity index (χ1v) is 8.94. The molecule has 0 aliphatic carbocycles. The van der Waals surface area contributed by atoms with Crippen LogP contribution in [0.5, 0.6) is 0 Å². The molecule has 0 unspecified atom stereocenters. The number of rotatable bonds is 3. The zero-order valence-electron chi connectivity index (χ0n) is 13.5. The molecule has 0 amide bonds. The van der Waals surface area contributed by atoms with Crippen molar-refractivity contribution in [2.45, 2.75) is 57.9 Å². The molecule has 0 spiro atoms. The van der Waals surface area contributed by atoms with E-state index in [1.807, 2.05) is 19.9 Å². The minimum Gasteiger partial charge on any atom is -0.480 e. The highest BCUT2D eigenvalue weighted by Gasteiger charge is 2.39. The fraction of sp³-hybridized carbons (Fsp3) is 0.562. The van der Waals surface area contributed by atoms with Gasteiger partial charge in [0.1, 0.15) is 6.04 Å². The van der Waals surface area contributed by atoms with Crippen LogP contribution in [0.4, 0.5) is 0 Å². The van der Waals surface area contributed by atoms with Gasteiger partial charge in [0.15, 0.2) is 0 Å². The van der Waals surface area contributed by atoms with Crippen molar-refractivity contribution in [3.05, 3.63) is 28.3 Å². The number of aryl methyl sites for hydroxylation is 2. The van der Waals surface area contributed by atoms with Crippen molar-refractivity contribution in [2.24, 2.45) is 0 Å². The summed E-state index contributed by atoms with van der Waals surface area (Å²) in [5.41, 5.74) is 3.23. The molecule has 1 N–H and O–H groups in total. The number of hydrogen-bond acceptors (Lipinski definition) is 3. The average molecular weight is 325 g/mol. The van der Waals surface area contributed by atoms with Gasteiger partial charge in [-0.2, -0.15) is 4.31 Å². The zero-order chi connectivity index (χ0) is 16.7. The molecule has 1 aliphatic heterocycles. The van der Waals surface area contributed by atoms with Gasteiger partial charge >= 0.3 is 5.97 Å². The van der Waals surface area contributed by atoms with Crippen LogP contribution in [0.15, 0.2) is 11.0 Å². The van der Waals surface area contributed by atoms with Gasteiger partial charge in [-0.25, -0.2) is 8.42 Å². The first-order chi connectivity index (χ1) is 10.2.